The van der Waals surface area contributed by atoms with Gasteiger partial charge in [0.15, 0.2) is 0 Å². The average molecular weight is 265 g/mol. The Kier molecular flexibility index (Phi) is 4.43. The van der Waals surface area contributed by atoms with Crippen LogP contribution in [0, 0.1) is 0 Å². The number of hydrogen-bond donors (Lipinski definition) is 1. The second kappa shape index (κ2) is 6.26. The average Bonchev–Trinajstić information content (AvgIpc) is 2.82. The summed E-state index contributed by atoms with van der Waals surface area (Å²) in [5.41, 5.74) is 0.588. The molecule has 2 heterocycles. The molecule has 1 fully saturated rings. The molecule has 6 nitrogen and oxygen atoms in total. The van der Waals surface area contributed by atoms with Crippen molar-refractivity contribution in [2.24, 2.45) is 0 Å². The van der Waals surface area contributed by atoms with Crippen LogP contribution in [0.2, 0.25) is 0 Å². The lowest BCUT2D eigenvalue weighted by Gasteiger charge is -2.21. The molecule has 104 valence electrons. The van der Waals surface area contributed by atoms with Gasteiger partial charge in [-0.05, 0) is 25.5 Å². The zero-order valence-electron chi connectivity index (χ0n) is 11.1. The molecule has 2 rings (SSSR count). The predicted molar refractivity (Wildman–Crippen MR) is 69.9 cm³/mol. The van der Waals surface area contributed by atoms with Crippen LogP contribution in [-0.2, 0) is 4.74 Å². The SMILES string of the molecule is CCOC(=O)N1CCCN(C(=O)c2ccc[nH]2)CC1. The normalized spacial score (nSPS) is 16.1. The Morgan fingerprint density at radius 1 is 1.26 bits per heavy atom. The third kappa shape index (κ3) is 3.27. The van der Waals surface area contributed by atoms with Crippen LogP contribution in [0.3, 0.4) is 0 Å². The van der Waals surface area contributed by atoms with Gasteiger partial charge in [0.05, 0.1) is 6.61 Å². The molecule has 19 heavy (non-hydrogen) atoms. The van der Waals surface area contributed by atoms with Gasteiger partial charge in [-0.2, -0.15) is 0 Å². The first-order valence-corrected chi connectivity index (χ1v) is 6.56. The van der Waals surface area contributed by atoms with Gasteiger partial charge >= 0.3 is 6.09 Å². The van der Waals surface area contributed by atoms with Gasteiger partial charge in [0, 0.05) is 32.4 Å². The molecule has 0 aromatic carbocycles. The molecule has 0 radical (unpaired) electrons. The van der Waals surface area contributed by atoms with E-state index in [1.165, 1.54) is 0 Å². The van der Waals surface area contributed by atoms with Crippen molar-refractivity contribution in [2.45, 2.75) is 13.3 Å². The second-order valence-corrected chi connectivity index (χ2v) is 4.42. The predicted octanol–water partition coefficient (Wildman–Crippen LogP) is 1.32. The Hall–Kier alpha value is -1.98. The van der Waals surface area contributed by atoms with Crippen molar-refractivity contribution >= 4 is 12.0 Å². The third-order valence-corrected chi connectivity index (χ3v) is 3.14. The highest BCUT2D eigenvalue weighted by Gasteiger charge is 2.23. The van der Waals surface area contributed by atoms with E-state index < -0.39 is 0 Å². The second-order valence-electron chi connectivity index (χ2n) is 4.42. The number of aromatic nitrogens is 1. The molecule has 0 unspecified atom stereocenters. The number of amides is 2. The fraction of sp³-hybridized carbons (Fsp3) is 0.538. The Labute approximate surface area is 112 Å². The van der Waals surface area contributed by atoms with Crippen LogP contribution >= 0.6 is 0 Å². The minimum absolute atomic E-state index is 0.0179. The molecule has 1 N–H and O–H groups in total. The molecule has 0 spiro atoms. The molecule has 1 aliphatic heterocycles. The minimum Gasteiger partial charge on any atom is -0.450 e. The van der Waals surface area contributed by atoms with Crippen LogP contribution in [0.5, 0.6) is 0 Å². The van der Waals surface area contributed by atoms with E-state index in [1.54, 1.807) is 35.1 Å². The number of nitrogens with one attached hydrogen (secondary N) is 1. The van der Waals surface area contributed by atoms with Crippen molar-refractivity contribution < 1.29 is 14.3 Å². The zero-order chi connectivity index (χ0) is 13.7. The summed E-state index contributed by atoms with van der Waals surface area (Å²) in [6, 6.07) is 3.56. The highest BCUT2D eigenvalue weighted by molar-refractivity contribution is 5.92. The van der Waals surface area contributed by atoms with Crippen molar-refractivity contribution in [3.8, 4) is 0 Å². The van der Waals surface area contributed by atoms with Crippen molar-refractivity contribution in [3.05, 3.63) is 24.0 Å². The smallest absolute Gasteiger partial charge is 0.409 e. The number of carbonyl (C=O) groups excluding carboxylic acids is 2. The number of H-pyrrole nitrogens is 1. The molecular formula is C13H19N3O3. The summed E-state index contributed by atoms with van der Waals surface area (Å²) in [5, 5.41) is 0. The van der Waals surface area contributed by atoms with E-state index in [0.29, 0.717) is 38.5 Å². The number of rotatable bonds is 2. The van der Waals surface area contributed by atoms with Crippen LogP contribution in [0.4, 0.5) is 4.79 Å². The number of aromatic amines is 1. The van der Waals surface area contributed by atoms with E-state index in [0.717, 1.165) is 6.42 Å². The summed E-state index contributed by atoms with van der Waals surface area (Å²) in [6.45, 7) is 4.51. The van der Waals surface area contributed by atoms with Crippen molar-refractivity contribution in [3.63, 3.8) is 0 Å². The van der Waals surface area contributed by atoms with E-state index in [2.05, 4.69) is 4.98 Å². The summed E-state index contributed by atoms with van der Waals surface area (Å²) in [6.07, 6.45) is 2.21. The molecule has 0 saturated carbocycles. The first-order valence-electron chi connectivity index (χ1n) is 6.56. The third-order valence-electron chi connectivity index (χ3n) is 3.14. The molecule has 1 saturated heterocycles. The maximum atomic E-state index is 12.2. The molecule has 0 aliphatic carbocycles. The number of hydrogen-bond acceptors (Lipinski definition) is 3. The molecule has 0 atom stereocenters. The molecule has 0 bridgehead atoms. The summed E-state index contributed by atoms with van der Waals surface area (Å²) < 4.78 is 4.98. The van der Waals surface area contributed by atoms with Crippen LogP contribution in [0.1, 0.15) is 23.8 Å². The van der Waals surface area contributed by atoms with Crippen molar-refractivity contribution in [1.82, 2.24) is 14.8 Å². The van der Waals surface area contributed by atoms with Crippen LogP contribution in [0.25, 0.3) is 0 Å². The van der Waals surface area contributed by atoms with E-state index in [-0.39, 0.29) is 12.0 Å². The number of ether oxygens (including phenoxy) is 1. The van der Waals surface area contributed by atoms with Gasteiger partial charge in [0.2, 0.25) is 0 Å². The molecule has 2 amide bonds. The Morgan fingerprint density at radius 2 is 2.00 bits per heavy atom. The van der Waals surface area contributed by atoms with Gasteiger partial charge in [0.1, 0.15) is 5.69 Å². The molecule has 1 aliphatic rings. The van der Waals surface area contributed by atoms with Crippen LogP contribution in [0.15, 0.2) is 18.3 Å². The molecule has 6 heteroatoms. The van der Waals surface area contributed by atoms with Gasteiger partial charge in [-0.3, -0.25) is 4.79 Å². The highest BCUT2D eigenvalue weighted by Crippen LogP contribution is 2.08. The van der Waals surface area contributed by atoms with Gasteiger partial charge < -0.3 is 19.5 Å². The van der Waals surface area contributed by atoms with E-state index >= 15 is 0 Å². The topological polar surface area (TPSA) is 65.6 Å². The van der Waals surface area contributed by atoms with E-state index in [4.69, 9.17) is 4.74 Å². The monoisotopic (exact) mass is 265 g/mol. The van der Waals surface area contributed by atoms with E-state index in [9.17, 15) is 9.59 Å². The van der Waals surface area contributed by atoms with Gasteiger partial charge in [0.25, 0.3) is 5.91 Å². The molecular weight excluding hydrogens is 246 g/mol. The number of nitrogens with zero attached hydrogens (tertiary/aromatic N) is 2. The Bertz CT molecular complexity index is 430. The first kappa shape index (κ1) is 13.5. The fourth-order valence-corrected chi connectivity index (χ4v) is 2.15. The van der Waals surface area contributed by atoms with Crippen molar-refractivity contribution in [1.29, 1.82) is 0 Å². The lowest BCUT2D eigenvalue weighted by molar-refractivity contribution is 0.0748. The van der Waals surface area contributed by atoms with Gasteiger partial charge in [-0.1, -0.05) is 0 Å². The highest BCUT2D eigenvalue weighted by atomic mass is 16.6. The lowest BCUT2D eigenvalue weighted by Crippen LogP contribution is -2.37. The van der Waals surface area contributed by atoms with Crippen molar-refractivity contribution in [2.75, 3.05) is 32.8 Å². The van der Waals surface area contributed by atoms with Gasteiger partial charge in [-0.15, -0.1) is 0 Å². The summed E-state index contributed by atoms with van der Waals surface area (Å²) in [7, 11) is 0. The van der Waals surface area contributed by atoms with E-state index in [1.807, 2.05) is 0 Å². The maximum Gasteiger partial charge on any atom is 0.409 e. The Morgan fingerprint density at radius 3 is 2.68 bits per heavy atom. The van der Waals surface area contributed by atoms with Gasteiger partial charge in [-0.25, -0.2) is 4.79 Å². The number of carbonyl (C=O) groups is 2. The minimum atomic E-state index is -0.295. The molecule has 1 aromatic rings. The maximum absolute atomic E-state index is 12.2. The summed E-state index contributed by atoms with van der Waals surface area (Å²) in [4.78, 5) is 30.2. The quantitative estimate of drug-likeness (QED) is 0.877. The standard InChI is InChI=1S/C13H19N3O3/c1-2-19-13(18)16-8-4-7-15(9-10-16)12(17)11-5-3-6-14-11/h3,5-6,14H,2,4,7-10H2,1H3. The first-order chi connectivity index (χ1) is 9.22. The summed E-state index contributed by atoms with van der Waals surface area (Å²) in [5.74, 6) is -0.0179. The van der Waals surface area contributed by atoms with Crippen LogP contribution in [-0.4, -0.2) is 59.6 Å². The largest absolute Gasteiger partial charge is 0.450 e. The van der Waals surface area contributed by atoms with Crippen LogP contribution < -0.4 is 0 Å². The Balaban J connectivity index is 1.93. The zero-order valence-corrected chi connectivity index (χ0v) is 11.1. The fourth-order valence-electron chi connectivity index (χ4n) is 2.15. The molecule has 1 aromatic heterocycles. The summed E-state index contributed by atoms with van der Waals surface area (Å²) >= 11 is 0. The lowest BCUT2D eigenvalue weighted by atomic mass is 10.3.